The molecule has 5 rings (SSSR count). The van der Waals surface area contributed by atoms with Crippen molar-refractivity contribution in [2.45, 2.75) is 30.9 Å². The van der Waals surface area contributed by atoms with E-state index in [-0.39, 0.29) is 5.75 Å². The van der Waals surface area contributed by atoms with E-state index in [9.17, 15) is 8.42 Å². The highest BCUT2D eigenvalue weighted by Crippen LogP contribution is 2.40. The van der Waals surface area contributed by atoms with Crippen LogP contribution in [0, 0.1) is 6.92 Å². The lowest BCUT2D eigenvalue weighted by molar-refractivity contribution is 0.595. The lowest BCUT2D eigenvalue weighted by Crippen LogP contribution is -2.06. The van der Waals surface area contributed by atoms with Crippen LogP contribution >= 0.6 is 22.7 Å². The zero-order valence-corrected chi connectivity index (χ0v) is 17.7. The molecule has 28 heavy (non-hydrogen) atoms. The molecule has 10 heteroatoms. The summed E-state index contributed by atoms with van der Waals surface area (Å²) in [6, 6.07) is 1.98. The second-order valence-electron chi connectivity index (χ2n) is 6.65. The first-order chi connectivity index (χ1) is 13.5. The van der Waals surface area contributed by atoms with Gasteiger partial charge in [-0.05, 0) is 19.4 Å². The minimum Gasteiger partial charge on any atom is -0.290 e. The molecule has 0 bridgehead atoms. The van der Waals surface area contributed by atoms with Gasteiger partial charge in [0.05, 0.1) is 23.0 Å². The fourth-order valence-corrected chi connectivity index (χ4v) is 7.16. The Bertz CT molecular complexity index is 1420. The summed E-state index contributed by atoms with van der Waals surface area (Å²) in [6.45, 7) is 3.88. The number of fused-ring (bicyclic) bond motifs is 2. The third-order valence-corrected chi connectivity index (χ3v) is 9.05. The van der Waals surface area contributed by atoms with Gasteiger partial charge in [-0.25, -0.2) is 27.9 Å². The van der Waals surface area contributed by atoms with E-state index in [0.717, 1.165) is 39.2 Å². The third-order valence-electron chi connectivity index (χ3n) is 4.77. The first-order valence-electron chi connectivity index (χ1n) is 8.91. The van der Waals surface area contributed by atoms with Crippen LogP contribution in [0.25, 0.3) is 37.3 Å². The average molecular weight is 432 g/mol. The van der Waals surface area contributed by atoms with Crippen molar-refractivity contribution in [2.75, 3.05) is 5.75 Å². The van der Waals surface area contributed by atoms with Crippen LogP contribution in [0.15, 0.2) is 28.0 Å². The molecule has 0 fully saturated rings. The molecule has 5 aromatic heterocycles. The maximum atomic E-state index is 13.0. The number of H-pyrrole nitrogens is 1. The standard InChI is InChI=1S/C18H17N5O2S3/c1-3-4-7-28(24,25)18-15-14-11(13-9-20-10(2)23(13)22-15)8-12(21-17(14)27-18)16-19-5-6-26-16/h5-6,8-9,22H,3-4,7H2,1-2H3. The summed E-state index contributed by atoms with van der Waals surface area (Å²) in [5, 5.41) is 7.76. The van der Waals surface area contributed by atoms with Crippen LogP contribution < -0.4 is 0 Å². The number of pyridine rings is 1. The van der Waals surface area contributed by atoms with Crippen molar-refractivity contribution in [3.63, 3.8) is 0 Å². The number of thiazole rings is 1. The molecular formula is C18H17N5O2S3. The Kier molecular flexibility index (Phi) is 4.04. The van der Waals surface area contributed by atoms with Crippen LogP contribution in [-0.4, -0.2) is 38.7 Å². The molecule has 7 nitrogen and oxygen atoms in total. The minimum absolute atomic E-state index is 0.134. The van der Waals surface area contributed by atoms with E-state index in [1.54, 1.807) is 12.4 Å². The molecule has 0 spiro atoms. The third kappa shape index (κ3) is 2.59. The number of aromatic nitrogens is 5. The minimum atomic E-state index is -3.41. The average Bonchev–Trinajstić information content (AvgIpc) is 3.41. The number of aromatic amines is 1. The van der Waals surface area contributed by atoms with Gasteiger partial charge in [0.15, 0.2) is 9.84 Å². The Labute approximate surface area is 169 Å². The first kappa shape index (κ1) is 17.8. The molecule has 0 unspecified atom stereocenters. The van der Waals surface area contributed by atoms with E-state index in [4.69, 9.17) is 4.98 Å². The lowest BCUT2D eigenvalue weighted by Gasteiger charge is -2.07. The second kappa shape index (κ2) is 6.36. The van der Waals surface area contributed by atoms with Crippen molar-refractivity contribution in [1.82, 2.24) is 24.6 Å². The molecule has 5 aromatic rings. The van der Waals surface area contributed by atoms with Gasteiger partial charge in [0, 0.05) is 22.3 Å². The first-order valence-corrected chi connectivity index (χ1v) is 12.3. The normalized spacial score (nSPS) is 12.6. The van der Waals surface area contributed by atoms with Gasteiger partial charge >= 0.3 is 0 Å². The zero-order valence-electron chi connectivity index (χ0n) is 15.3. The Hall–Kier alpha value is -2.30. The molecular weight excluding hydrogens is 414 g/mol. The largest absolute Gasteiger partial charge is 0.290 e. The zero-order chi connectivity index (χ0) is 19.5. The van der Waals surface area contributed by atoms with Crippen molar-refractivity contribution in [2.24, 2.45) is 0 Å². The van der Waals surface area contributed by atoms with Crippen LogP contribution in [0.4, 0.5) is 0 Å². The number of hydrogen-bond acceptors (Lipinski definition) is 7. The van der Waals surface area contributed by atoms with Crippen molar-refractivity contribution >= 4 is 59.1 Å². The Morgan fingerprint density at radius 1 is 1.29 bits per heavy atom. The van der Waals surface area contributed by atoms with E-state index in [0.29, 0.717) is 21.0 Å². The van der Waals surface area contributed by atoms with Gasteiger partial charge in [-0.15, -0.1) is 22.7 Å². The number of thiophene rings is 1. The fraction of sp³-hybridized carbons (Fsp3) is 0.278. The fourth-order valence-electron chi connectivity index (χ4n) is 3.37. The highest BCUT2D eigenvalue weighted by molar-refractivity contribution is 7.93. The molecule has 0 radical (unpaired) electrons. The van der Waals surface area contributed by atoms with Crippen LogP contribution in [0.2, 0.25) is 0 Å². The Balaban J connectivity index is 1.91. The van der Waals surface area contributed by atoms with Crippen molar-refractivity contribution < 1.29 is 8.42 Å². The molecule has 0 aliphatic carbocycles. The molecule has 0 amide bonds. The molecule has 0 saturated heterocycles. The summed E-state index contributed by atoms with van der Waals surface area (Å²) in [5.74, 6) is 0.902. The van der Waals surface area contributed by atoms with Crippen molar-refractivity contribution in [1.29, 1.82) is 0 Å². The molecule has 144 valence electrons. The summed E-state index contributed by atoms with van der Waals surface area (Å²) in [5.41, 5.74) is 2.25. The van der Waals surface area contributed by atoms with Crippen molar-refractivity contribution in [3.8, 4) is 10.7 Å². The summed E-state index contributed by atoms with van der Waals surface area (Å²) in [7, 11) is -3.41. The number of sulfone groups is 1. The number of aryl methyl sites for hydroxylation is 1. The molecule has 0 atom stereocenters. The Morgan fingerprint density at radius 2 is 2.14 bits per heavy atom. The smallest absolute Gasteiger partial charge is 0.189 e. The summed E-state index contributed by atoms with van der Waals surface area (Å²) < 4.78 is 28.3. The molecule has 0 aliphatic heterocycles. The number of hydrogen-bond donors (Lipinski definition) is 1. The van der Waals surface area contributed by atoms with E-state index in [1.165, 1.54) is 22.7 Å². The molecule has 0 aliphatic rings. The summed E-state index contributed by atoms with van der Waals surface area (Å²) in [4.78, 5) is 14.2. The van der Waals surface area contributed by atoms with Gasteiger partial charge in [0.2, 0.25) is 0 Å². The second-order valence-corrected chi connectivity index (χ2v) is 10.8. The van der Waals surface area contributed by atoms with Crippen molar-refractivity contribution in [3.05, 3.63) is 29.7 Å². The summed E-state index contributed by atoms with van der Waals surface area (Å²) in [6.07, 6.45) is 5.01. The Morgan fingerprint density at radius 3 is 2.89 bits per heavy atom. The van der Waals surface area contributed by atoms with Gasteiger partial charge in [0.25, 0.3) is 0 Å². The van der Waals surface area contributed by atoms with Gasteiger partial charge < -0.3 is 0 Å². The van der Waals surface area contributed by atoms with E-state index < -0.39 is 9.84 Å². The molecule has 0 saturated carbocycles. The van der Waals surface area contributed by atoms with E-state index in [1.807, 2.05) is 29.8 Å². The SMILES string of the molecule is CCCCS(=O)(=O)c1sc2nc(-c3nccs3)cc3c2c1[nH]n1c(C)ncc31. The van der Waals surface area contributed by atoms with Gasteiger partial charge in [0.1, 0.15) is 25.6 Å². The number of rotatable bonds is 5. The predicted octanol–water partition coefficient (Wildman–Crippen LogP) is 4.43. The predicted molar refractivity (Wildman–Crippen MR) is 113 cm³/mol. The van der Waals surface area contributed by atoms with Crippen LogP contribution in [0.3, 0.4) is 0 Å². The number of unbranched alkanes of at least 4 members (excludes halogenated alkanes) is 1. The highest BCUT2D eigenvalue weighted by atomic mass is 32.2. The van der Waals surface area contributed by atoms with E-state index in [2.05, 4.69) is 15.1 Å². The molecule has 1 N–H and O–H groups in total. The number of nitrogens with one attached hydrogen (secondary N) is 1. The number of nitrogens with zero attached hydrogens (tertiary/aromatic N) is 4. The monoisotopic (exact) mass is 431 g/mol. The maximum absolute atomic E-state index is 13.0. The van der Waals surface area contributed by atoms with Gasteiger partial charge in [-0.2, -0.15) is 0 Å². The van der Waals surface area contributed by atoms with E-state index >= 15 is 0 Å². The lowest BCUT2D eigenvalue weighted by atomic mass is 10.1. The topological polar surface area (TPSA) is 93.0 Å². The quantitative estimate of drug-likeness (QED) is 0.444. The van der Waals surface area contributed by atoms with Crippen LogP contribution in [-0.2, 0) is 9.84 Å². The van der Waals surface area contributed by atoms with Crippen LogP contribution in [0.1, 0.15) is 25.6 Å². The summed E-state index contributed by atoms with van der Waals surface area (Å²) >= 11 is 2.74. The molecule has 0 aromatic carbocycles. The highest BCUT2D eigenvalue weighted by Gasteiger charge is 2.26. The van der Waals surface area contributed by atoms with Gasteiger partial charge in [-0.3, -0.25) is 5.10 Å². The van der Waals surface area contributed by atoms with Crippen LogP contribution in [0.5, 0.6) is 0 Å². The van der Waals surface area contributed by atoms with Gasteiger partial charge in [-0.1, -0.05) is 13.3 Å². The number of imidazole rings is 1. The molecule has 5 heterocycles. The maximum Gasteiger partial charge on any atom is 0.189 e.